The van der Waals surface area contributed by atoms with E-state index < -0.39 is 0 Å². The average Bonchev–Trinajstić information content (AvgIpc) is 2.96. The summed E-state index contributed by atoms with van der Waals surface area (Å²) in [5, 5.41) is 0.759. The number of hydrogen-bond acceptors (Lipinski definition) is 4. The number of thiophene rings is 1. The summed E-state index contributed by atoms with van der Waals surface area (Å²) in [6.07, 6.45) is 2.59. The van der Waals surface area contributed by atoms with Crippen LogP contribution in [0.15, 0.2) is 41.5 Å². The summed E-state index contributed by atoms with van der Waals surface area (Å²) >= 11 is 1.63. The Morgan fingerprint density at radius 1 is 1.29 bits per heavy atom. The number of aryl methyl sites for hydroxylation is 1. The van der Waals surface area contributed by atoms with Gasteiger partial charge in [-0.05, 0) is 12.0 Å². The van der Waals surface area contributed by atoms with E-state index in [1.165, 1.54) is 4.88 Å². The molecule has 3 heterocycles. The van der Waals surface area contributed by atoms with Gasteiger partial charge in [-0.2, -0.15) is 0 Å². The largest absolute Gasteiger partial charge is 0.380 e. The first-order valence-electron chi connectivity index (χ1n) is 8.25. The summed E-state index contributed by atoms with van der Waals surface area (Å²) in [5.41, 5.74) is 2.24. The molecule has 2 aromatic heterocycles. The van der Waals surface area contributed by atoms with Crippen LogP contribution in [0.1, 0.15) is 18.7 Å². The summed E-state index contributed by atoms with van der Waals surface area (Å²) in [7, 11) is 0. The van der Waals surface area contributed by atoms with Gasteiger partial charge in [0.1, 0.15) is 4.83 Å². The molecule has 1 saturated heterocycles. The minimum absolute atomic E-state index is 0.0374. The van der Waals surface area contributed by atoms with E-state index in [0.717, 1.165) is 27.8 Å². The molecule has 4 nitrogen and oxygen atoms in total. The molecule has 0 spiro atoms. The van der Waals surface area contributed by atoms with Gasteiger partial charge in [-0.1, -0.05) is 44.2 Å². The van der Waals surface area contributed by atoms with Crippen molar-refractivity contribution in [2.45, 2.75) is 26.8 Å². The van der Waals surface area contributed by atoms with Crippen molar-refractivity contribution in [1.82, 2.24) is 9.55 Å². The molecular weight excluding hydrogens is 320 g/mol. The SMILES string of the molecule is CCc1sc2ncn(CC3(C)COC3)c(=O)c2c1-c1ccccc1. The molecule has 0 radical (unpaired) electrons. The lowest BCUT2D eigenvalue weighted by Crippen LogP contribution is -2.45. The monoisotopic (exact) mass is 340 g/mol. The van der Waals surface area contributed by atoms with E-state index in [9.17, 15) is 4.79 Å². The van der Waals surface area contributed by atoms with E-state index in [4.69, 9.17) is 4.74 Å². The smallest absolute Gasteiger partial charge is 0.262 e. The Morgan fingerprint density at radius 2 is 2.04 bits per heavy atom. The molecule has 0 aliphatic carbocycles. The summed E-state index contributed by atoms with van der Waals surface area (Å²) < 4.78 is 7.07. The minimum atomic E-state index is 0.0374. The maximum absolute atomic E-state index is 13.2. The minimum Gasteiger partial charge on any atom is -0.380 e. The second-order valence-electron chi connectivity index (χ2n) is 6.78. The third-order valence-corrected chi connectivity index (χ3v) is 5.83. The predicted octanol–water partition coefficient (Wildman–Crippen LogP) is 3.72. The van der Waals surface area contributed by atoms with Crippen molar-refractivity contribution in [1.29, 1.82) is 0 Å². The van der Waals surface area contributed by atoms with Crippen LogP contribution in [0.4, 0.5) is 0 Å². The van der Waals surface area contributed by atoms with Crippen LogP contribution in [0.3, 0.4) is 0 Å². The van der Waals surface area contributed by atoms with Gasteiger partial charge in [0.2, 0.25) is 0 Å². The first-order valence-corrected chi connectivity index (χ1v) is 9.07. The van der Waals surface area contributed by atoms with Crippen LogP contribution >= 0.6 is 11.3 Å². The zero-order chi connectivity index (χ0) is 16.7. The lowest BCUT2D eigenvalue weighted by atomic mass is 9.88. The van der Waals surface area contributed by atoms with Gasteiger partial charge < -0.3 is 4.74 Å². The van der Waals surface area contributed by atoms with E-state index in [1.807, 2.05) is 18.2 Å². The van der Waals surface area contributed by atoms with Gasteiger partial charge in [0, 0.05) is 22.4 Å². The number of hydrogen-bond donors (Lipinski definition) is 0. The van der Waals surface area contributed by atoms with E-state index in [0.29, 0.717) is 19.8 Å². The van der Waals surface area contributed by atoms with E-state index in [2.05, 4.69) is 31.0 Å². The average molecular weight is 340 g/mol. The molecule has 0 atom stereocenters. The molecule has 1 aromatic carbocycles. The maximum atomic E-state index is 13.2. The molecule has 4 rings (SSSR count). The first-order chi connectivity index (χ1) is 11.6. The number of aromatic nitrogens is 2. The maximum Gasteiger partial charge on any atom is 0.262 e. The zero-order valence-electron chi connectivity index (χ0n) is 13.9. The van der Waals surface area contributed by atoms with Crippen LogP contribution in [0.25, 0.3) is 21.3 Å². The highest BCUT2D eigenvalue weighted by Gasteiger charge is 2.34. The lowest BCUT2D eigenvalue weighted by Gasteiger charge is -2.38. The van der Waals surface area contributed by atoms with Gasteiger partial charge in [0.15, 0.2) is 0 Å². The summed E-state index contributed by atoms with van der Waals surface area (Å²) in [5.74, 6) is 0. The fourth-order valence-corrected chi connectivity index (χ4v) is 4.39. The normalized spacial score (nSPS) is 16.2. The van der Waals surface area contributed by atoms with Gasteiger partial charge in [0.25, 0.3) is 5.56 Å². The van der Waals surface area contributed by atoms with Crippen LogP contribution in [0, 0.1) is 5.41 Å². The molecule has 0 N–H and O–H groups in total. The second-order valence-corrected chi connectivity index (χ2v) is 7.86. The fraction of sp³-hybridized carbons (Fsp3) is 0.368. The molecule has 0 unspecified atom stereocenters. The number of nitrogens with zero attached hydrogens (tertiary/aromatic N) is 2. The third kappa shape index (κ3) is 2.48. The number of fused-ring (bicyclic) bond motifs is 1. The summed E-state index contributed by atoms with van der Waals surface area (Å²) in [6, 6.07) is 10.2. The number of rotatable bonds is 4. The molecule has 0 bridgehead atoms. The Hall–Kier alpha value is -1.98. The lowest BCUT2D eigenvalue weighted by molar-refractivity contribution is -0.110. The van der Waals surface area contributed by atoms with Gasteiger partial charge in [-0.3, -0.25) is 9.36 Å². The van der Waals surface area contributed by atoms with Crippen LogP contribution in [0.2, 0.25) is 0 Å². The standard InChI is InChI=1S/C19H20N2O2S/c1-3-14-15(13-7-5-4-6-8-13)16-17(24-14)20-12-21(18(16)22)9-19(2)10-23-11-19/h4-8,12H,3,9-11H2,1-2H3. The molecule has 5 heteroatoms. The Balaban J connectivity index is 1.92. The Bertz CT molecular complexity index is 939. The van der Waals surface area contributed by atoms with Gasteiger partial charge >= 0.3 is 0 Å². The molecule has 24 heavy (non-hydrogen) atoms. The molecule has 3 aromatic rings. The van der Waals surface area contributed by atoms with Crippen molar-refractivity contribution < 1.29 is 4.74 Å². The topological polar surface area (TPSA) is 44.1 Å². The van der Waals surface area contributed by atoms with Crippen LogP contribution in [-0.4, -0.2) is 22.8 Å². The Kier molecular flexibility index (Phi) is 3.77. The molecule has 1 aliphatic heterocycles. The molecular formula is C19H20N2O2S. The van der Waals surface area contributed by atoms with Crippen molar-refractivity contribution in [2.75, 3.05) is 13.2 Å². The third-order valence-electron chi connectivity index (χ3n) is 4.59. The first kappa shape index (κ1) is 15.5. The Morgan fingerprint density at radius 3 is 2.67 bits per heavy atom. The van der Waals surface area contributed by atoms with Gasteiger partial charge in [-0.25, -0.2) is 4.98 Å². The fourth-order valence-electron chi connectivity index (χ4n) is 3.30. The second kappa shape index (κ2) is 5.83. The summed E-state index contributed by atoms with van der Waals surface area (Å²) in [6.45, 7) is 6.33. The van der Waals surface area contributed by atoms with Gasteiger partial charge in [0.05, 0.1) is 24.9 Å². The van der Waals surface area contributed by atoms with Crippen molar-refractivity contribution in [3.63, 3.8) is 0 Å². The molecule has 1 fully saturated rings. The van der Waals surface area contributed by atoms with Crippen molar-refractivity contribution >= 4 is 21.6 Å². The van der Waals surface area contributed by atoms with E-state index in [-0.39, 0.29) is 11.0 Å². The molecule has 0 saturated carbocycles. The highest BCUT2D eigenvalue weighted by molar-refractivity contribution is 7.19. The molecule has 0 amide bonds. The quantitative estimate of drug-likeness (QED) is 0.727. The van der Waals surface area contributed by atoms with Crippen molar-refractivity contribution in [3.05, 3.63) is 51.9 Å². The predicted molar refractivity (Wildman–Crippen MR) is 97.6 cm³/mol. The summed E-state index contributed by atoms with van der Waals surface area (Å²) in [4.78, 5) is 19.8. The molecule has 124 valence electrons. The zero-order valence-corrected chi connectivity index (χ0v) is 14.7. The van der Waals surface area contributed by atoms with E-state index in [1.54, 1.807) is 22.2 Å². The molecule has 1 aliphatic rings. The van der Waals surface area contributed by atoms with Crippen LogP contribution in [-0.2, 0) is 17.7 Å². The van der Waals surface area contributed by atoms with Crippen molar-refractivity contribution in [3.8, 4) is 11.1 Å². The number of benzene rings is 1. The van der Waals surface area contributed by atoms with E-state index >= 15 is 0 Å². The van der Waals surface area contributed by atoms with Crippen LogP contribution in [0.5, 0.6) is 0 Å². The Labute approximate surface area is 144 Å². The highest BCUT2D eigenvalue weighted by Crippen LogP contribution is 2.36. The van der Waals surface area contributed by atoms with Gasteiger partial charge in [-0.15, -0.1) is 11.3 Å². The highest BCUT2D eigenvalue weighted by atomic mass is 32.1. The van der Waals surface area contributed by atoms with Crippen molar-refractivity contribution in [2.24, 2.45) is 5.41 Å². The number of ether oxygens (including phenoxy) is 1. The van der Waals surface area contributed by atoms with Crippen LogP contribution < -0.4 is 5.56 Å².